The van der Waals surface area contributed by atoms with Gasteiger partial charge in [-0.3, -0.25) is 4.99 Å². The Morgan fingerprint density at radius 3 is 2.14 bits per heavy atom. The first kappa shape index (κ1) is 18.7. The van der Waals surface area contributed by atoms with Gasteiger partial charge in [0.2, 0.25) is 5.17 Å². The minimum atomic E-state index is 0.256. The summed E-state index contributed by atoms with van der Waals surface area (Å²) in [6.07, 6.45) is 1.98. The molecule has 0 aliphatic heterocycles. The fraction of sp³-hybridized carbons (Fsp3) is 0.588. The van der Waals surface area contributed by atoms with Gasteiger partial charge in [-0.1, -0.05) is 25.6 Å². The average molecular weight is 321 g/mol. The molecule has 0 spiro atoms. The molecule has 0 amide bonds. The molecule has 1 atom stereocenters. The predicted molar refractivity (Wildman–Crippen MR) is 99.8 cm³/mol. The number of thioether (sulfide) groups is 1. The van der Waals surface area contributed by atoms with Crippen molar-refractivity contribution in [1.29, 1.82) is 0 Å². The third-order valence-corrected chi connectivity index (χ3v) is 4.24. The number of nitrogens with zero attached hydrogens (tertiary/aromatic N) is 4. The molecule has 0 heterocycles. The van der Waals surface area contributed by atoms with Crippen LogP contribution in [0.3, 0.4) is 0 Å². The maximum absolute atomic E-state index is 4.59. The Morgan fingerprint density at radius 2 is 1.68 bits per heavy atom. The molecule has 4 nitrogen and oxygen atoms in total. The van der Waals surface area contributed by atoms with Crippen LogP contribution in [0, 0.1) is 5.92 Å². The van der Waals surface area contributed by atoms with Crippen molar-refractivity contribution in [3.05, 3.63) is 24.3 Å². The van der Waals surface area contributed by atoms with Crippen molar-refractivity contribution in [2.45, 2.75) is 40.7 Å². The van der Waals surface area contributed by atoms with E-state index in [1.54, 1.807) is 0 Å². The normalized spacial score (nSPS) is 13.9. The lowest BCUT2D eigenvalue weighted by molar-refractivity contribution is 0.532. The van der Waals surface area contributed by atoms with Crippen LogP contribution < -0.4 is 4.90 Å². The SMILES string of the molecule is CCN(CC)c1ccc(/N=N/C(=N/C(C)C(C)C)SC)cc1. The minimum absolute atomic E-state index is 0.256. The highest BCUT2D eigenvalue weighted by Crippen LogP contribution is 2.20. The summed E-state index contributed by atoms with van der Waals surface area (Å²) >= 11 is 1.53. The molecule has 1 unspecified atom stereocenters. The average Bonchev–Trinajstić information content (AvgIpc) is 2.53. The zero-order valence-corrected chi connectivity index (χ0v) is 15.4. The molecular formula is C17H28N4S. The Morgan fingerprint density at radius 1 is 1.09 bits per heavy atom. The summed E-state index contributed by atoms with van der Waals surface area (Å²) in [5, 5.41) is 9.30. The van der Waals surface area contributed by atoms with Gasteiger partial charge in [-0.05, 0) is 57.2 Å². The van der Waals surface area contributed by atoms with Gasteiger partial charge in [0.05, 0.1) is 11.7 Å². The molecule has 0 saturated heterocycles. The first-order valence-corrected chi connectivity index (χ1v) is 9.12. The molecule has 1 rings (SSSR count). The van der Waals surface area contributed by atoms with Crippen LogP contribution in [0.5, 0.6) is 0 Å². The summed E-state index contributed by atoms with van der Waals surface area (Å²) in [6.45, 7) is 12.8. The summed E-state index contributed by atoms with van der Waals surface area (Å²) in [5.41, 5.74) is 2.07. The van der Waals surface area contributed by atoms with E-state index < -0.39 is 0 Å². The number of azo groups is 1. The van der Waals surface area contributed by atoms with Crippen molar-refractivity contribution in [2.24, 2.45) is 21.1 Å². The zero-order valence-electron chi connectivity index (χ0n) is 14.6. The van der Waals surface area contributed by atoms with Crippen LogP contribution in [0.1, 0.15) is 34.6 Å². The standard InChI is InChI=1S/C17H28N4S/c1-7-21(8-2)16-11-9-15(10-12-16)19-20-17(22-6)18-14(5)13(3)4/h9-14H,7-8H2,1-6H3/b18-17-,20-19+. The molecule has 122 valence electrons. The Labute approximate surface area is 139 Å². The van der Waals surface area contributed by atoms with Gasteiger partial charge in [-0.25, -0.2) is 0 Å². The molecule has 0 aliphatic carbocycles. The van der Waals surface area contributed by atoms with Gasteiger partial charge in [-0.15, -0.1) is 10.2 Å². The number of rotatable bonds is 6. The number of benzene rings is 1. The Bertz CT molecular complexity index is 490. The van der Waals surface area contributed by atoms with E-state index in [0.717, 1.165) is 23.9 Å². The molecule has 0 radical (unpaired) electrons. The molecule has 1 aromatic carbocycles. The van der Waals surface area contributed by atoms with Crippen LogP contribution in [0.25, 0.3) is 0 Å². The Hall–Kier alpha value is -1.36. The maximum atomic E-state index is 4.59. The second kappa shape index (κ2) is 9.62. The third-order valence-electron chi connectivity index (χ3n) is 3.69. The van der Waals surface area contributed by atoms with E-state index in [2.05, 4.69) is 66.9 Å². The molecule has 1 aromatic rings. The lowest BCUT2D eigenvalue weighted by Gasteiger charge is -2.20. The van der Waals surface area contributed by atoms with Crippen molar-refractivity contribution < 1.29 is 0 Å². The van der Waals surface area contributed by atoms with E-state index in [-0.39, 0.29) is 6.04 Å². The van der Waals surface area contributed by atoms with Gasteiger partial charge in [0.15, 0.2) is 0 Å². The highest BCUT2D eigenvalue weighted by Gasteiger charge is 2.06. The minimum Gasteiger partial charge on any atom is -0.372 e. The van der Waals surface area contributed by atoms with Crippen LogP contribution in [0.15, 0.2) is 39.5 Å². The predicted octanol–water partition coefficient (Wildman–Crippen LogP) is 5.38. The van der Waals surface area contributed by atoms with Crippen molar-refractivity contribution in [3.63, 3.8) is 0 Å². The maximum Gasteiger partial charge on any atom is 0.204 e. The first-order valence-electron chi connectivity index (χ1n) is 7.90. The van der Waals surface area contributed by atoms with Crippen LogP contribution in [-0.4, -0.2) is 30.6 Å². The van der Waals surface area contributed by atoms with Crippen molar-refractivity contribution >= 4 is 28.3 Å². The number of anilines is 1. The van der Waals surface area contributed by atoms with Crippen molar-refractivity contribution in [2.75, 3.05) is 24.2 Å². The van der Waals surface area contributed by atoms with E-state index in [9.17, 15) is 0 Å². The Kier molecular flexibility index (Phi) is 8.17. The van der Waals surface area contributed by atoms with Crippen molar-refractivity contribution in [3.8, 4) is 0 Å². The molecule has 0 bridgehead atoms. The molecule has 0 aromatic heterocycles. The fourth-order valence-electron chi connectivity index (χ4n) is 1.86. The molecule has 0 fully saturated rings. The molecule has 0 N–H and O–H groups in total. The second-order valence-electron chi connectivity index (χ2n) is 5.49. The number of amidine groups is 1. The lowest BCUT2D eigenvalue weighted by atomic mass is 10.1. The quantitative estimate of drug-likeness (QED) is 0.401. The van der Waals surface area contributed by atoms with E-state index >= 15 is 0 Å². The van der Waals surface area contributed by atoms with Gasteiger partial charge in [-0.2, -0.15) is 0 Å². The Balaban J connectivity index is 2.80. The molecule has 0 saturated carbocycles. The number of hydrogen-bond acceptors (Lipinski definition) is 4. The third kappa shape index (κ3) is 5.79. The van der Waals surface area contributed by atoms with Crippen LogP contribution in [-0.2, 0) is 0 Å². The molecule has 0 aliphatic rings. The highest BCUT2D eigenvalue weighted by molar-refractivity contribution is 8.13. The summed E-state index contributed by atoms with van der Waals surface area (Å²) in [4.78, 5) is 6.90. The topological polar surface area (TPSA) is 40.3 Å². The van der Waals surface area contributed by atoms with Gasteiger partial charge in [0.1, 0.15) is 0 Å². The summed E-state index contributed by atoms with van der Waals surface area (Å²) in [7, 11) is 0. The van der Waals surface area contributed by atoms with Crippen LogP contribution >= 0.6 is 11.8 Å². The van der Waals surface area contributed by atoms with Gasteiger partial charge >= 0.3 is 0 Å². The first-order chi connectivity index (χ1) is 10.5. The lowest BCUT2D eigenvalue weighted by Crippen LogP contribution is -2.21. The fourth-order valence-corrected chi connectivity index (χ4v) is 2.26. The smallest absolute Gasteiger partial charge is 0.204 e. The van der Waals surface area contributed by atoms with E-state index in [1.165, 1.54) is 17.4 Å². The highest BCUT2D eigenvalue weighted by atomic mass is 32.2. The summed E-state index contributed by atoms with van der Waals surface area (Å²) in [5.74, 6) is 0.505. The van der Waals surface area contributed by atoms with Crippen molar-refractivity contribution in [1.82, 2.24) is 0 Å². The monoisotopic (exact) mass is 320 g/mol. The molecular weight excluding hydrogens is 292 g/mol. The summed E-state index contributed by atoms with van der Waals surface area (Å²) < 4.78 is 0. The van der Waals surface area contributed by atoms with E-state index in [1.807, 2.05) is 18.4 Å². The van der Waals surface area contributed by atoms with Gasteiger partial charge < -0.3 is 4.90 Å². The zero-order chi connectivity index (χ0) is 16.5. The molecule has 5 heteroatoms. The second-order valence-corrected chi connectivity index (χ2v) is 6.26. The van der Waals surface area contributed by atoms with Gasteiger partial charge in [0, 0.05) is 18.8 Å². The summed E-state index contributed by atoms with van der Waals surface area (Å²) in [6, 6.07) is 8.44. The van der Waals surface area contributed by atoms with E-state index in [4.69, 9.17) is 0 Å². The van der Waals surface area contributed by atoms with Crippen LogP contribution in [0.2, 0.25) is 0 Å². The van der Waals surface area contributed by atoms with Crippen LogP contribution in [0.4, 0.5) is 11.4 Å². The molecule has 22 heavy (non-hydrogen) atoms. The van der Waals surface area contributed by atoms with E-state index in [0.29, 0.717) is 5.92 Å². The number of aliphatic imine (C=N–C) groups is 1. The largest absolute Gasteiger partial charge is 0.372 e. The number of hydrogen-bond donors (Lipinski definition) is 0. The van der Waals surface area contributed by atoms with Gasteiger partial charge in [0.25, 0.3) is 0 Å².